The third kappa shape index (κ3) is 4.74. The average molecular weight is 441 g/mol. The first-order valence-corrected chi connectivity index (χ1v) is 7.68. The molecule has 1 aromatic carbocycles. The van der Waals surface area contributed by atoms with Gasteiger partial charge in [0.05, 0.1) is 6.20 Å². The molecule has 2 rings (SSSR count). The zero-order chi connectivity index (χ0) is 18.8. The number of nitrogens with one attached hydrogen (secondary N) is 1. The molecule has 2 aromatic rings. The maximum Gasteiger partial charge on any atom is 0.491 e. The van der Waals surface area contributed by atoms with Gasteiger partial charge in [-0.25, -0.2) is 15.6 Å². The van der Waals surface area contributed by atoms with Gasteiger partial charge in [0.1, 0.15) is 5.75 Å². The van der Waals surface area contributed by atoms with Crippen LogP contribution in [0.15, 0.2) is 28.9 Å². The molecule has 0 atom stereocenters. The Morgan fingerprint density at radius 2 is 2.04 bits per heavy atom. The fourth-order valence-corrected chi connectivity index (χ4v) is 2.59. The zero-order valence-electron chi connectivity index (χ0n) is 12.4. The van der Waals surface area contributed by atoms with Crippen molar-refractivity contribution < 1.29 is 27.4 Å². The number of anilines is 1. The van der Waals surface area contributed by atoms with E-state index < -0.39 is 17.9 Å². The second kappa shape index (κ2) is 7.46. The van der Waals surface area contributed by atoms with E-state index in [1.54, 1.807) is 12.1 Å². The lowest BCUT2D eigenvalue weighted by Crippen LogP contribution is -2.28. The normalized spacial score (nSPS) is 11.2. The van der Waals surface area contributed by atoms with Crippen molar-refractivity contribution in [3.05, 3.63) is 39.5 Å². The number of esters is 1. The van der Waals surface area contributed by atoms with Gasteiger partial charge in [-0.05, 0) is 25.1 Å². The Morgan fingerprint density at radius 1 is 1.36 bits per heavy atom. The molecule has 0 fully saturated rings. The third-order valence-corrected chi connectivity index (χ3v) is 3.54. The minimum Gasteiger partial charge on any atom is -0.453 e. The lowest BCUT2D eigenvalue weighted by molar-refractivity contribution is -0.189. The Morgan fingerprint density at radius 3 is 2.60 bits per heavy atom. The summed E-state index contributed by atoms with van der Waals surface area (Å²) in [6, 6.07) is 4.66. The Hall–Kier alpha value is -2.04. The van der Waals surface area contributed by atoms with Crippen LogP contribution in [0.4, 0.5) is 19.0 Å². The van der Waals surface area contributed by atoms with Crippen molar-refractivity contribution in [2.24, 2.45) is 5.84 Å². The van der Waals surface area contributed by atoms with Gasteiger partial charge in [0.15, 0.2) is 17.3 Å². The molecule has 0 bridgehead atoms. The Bertz CT molecular complexity index is 798. The largest absolute Gasteiger partial charge is 0.491 e. The number of ether oxygens (including phenoxy) is 2. The standard InChI is InChI=1S/C14H10BrClF3N3O3/c1-6-10(25-13(23)14(17,18)19)5-21-12(22-20)11(6)24-9-3-7(15)2-8(16)4-9/h2-5H,20H2,1H3,(H,21,22). The molecule has 11 heteroatoms. The number of carbonyl (C=O) groups is 1. The summed E-state index contributed by atoms with van der Waals surface area (Å²) in [5, 5.41) is 0.358. The molecule has 0 aliphatic heterocycles. The van der Waals surface area contributed by atoms with Crippen LogP contribution in [0, 0.1) is 6.92 Å². The van der Waals surface area contributed by atoms with Crippen LogP contribution in [-0.4, -0.2) is 17.1 Å². The van der Waals surface area contributed by atoms with Gasteiger partial charge in [-0.1, -0.05) is 27.5 Å². The van der Waals surface area contributed by atoms with Crippen molar-refractivity contribution in [1.29, 1.82) is 0 Å². The van der Waals surface area contributed by atoms with Gasteiger partial charge in [-0.3, -0.25) is 0 Å². The van der Waals surface area contributed by atoms with Crippen LogP contribution in [-0.2, 0) is 4.79 Å². The van der Waals surface area contributed by atoms with Crippen molar-refractivity contribution >= 4 is 39.3 Å². The highest BCUT2D eigenvalue weighted by Gasteiger charge is 2.41. The van der Waals surface area contributed by atoms with E-state index in [2.05, 4.69) is 31.1 Å². The van der Waals surface area contributed by atoms with Crippen molar-refractivity contribution in [2.45, 2.75) is 13.1 Å². The van der Waals surface area contributed by atoms with Gasteiger partial charge in [-0.15, -0.1) is 0 Å². The van der Waals surface area contributed by atoms with Crippen LogP contribution in [0.2, 0.25) is 5.02 Å². The van der Waals surface area contributed by atoms with E-state index in [1.807, 2.05) is 0 Å². The summed E-state index contributed by atoms with van der Waals surface area (Å²) in [5.74, 6) is 2.81. The molecule has 0 radical (unpaired) electrons. The van der Waals surface area contributed by atoms with E-state index in [1.165, 1.54) is 13.0 Å². The molecular formula is C14H10BrClF3N3O3. The lowest BCUT2D eigenvalue weighted by atomic mass is 10.2. The molecule has 0 saturated heterocycles. The molecule has 0 spiro atoms. The molecular weight excluding hydrogens is 431 g/mol. The minimum absolute atomic E-state index is 0.0239. The Kier molecular flexibility index (Phi) is 5.76. The summed E-state index contributed by atoms with van der Waals surface area (Å²) in [4.78, 5) is 14.8. The van der Waals surface area contributed by atoms with E-state index in [0.717, 1.165) is 6.20 Å². The predicted octanol–water partition coefficient (Wildman–Crippen LogP) is 4.35. The summed E-state index contributed by atoms with van der Waals surface area (Å²) in [6.45, 7) is 1.39. The van der Waals surface area contributed by atoms with Crippen LogP contribution in [0.5, 0.6) is 17.2 Å². The predicted molar refractivity (Wildman–Crippen MR) is 87.7 cm³/mol. The number of pyridine rings is 1. The highest BCUT2D eigenvalue weighted by atomic mass is 79.9. The third-order valence-electron chi connectivity index (χ3n) is 2.86. The smallest absolute Gasteiger partial charge is 0.453 e. The van der Waals surface area contributed by atoms with Gasteiger partial charge in [-0.2, -0.15) is 13.2 Å². The first-order valence-electron chi connectivity index (χ1n) is 6.51. The summed E-state index contributed by atoms with van der Waals surface area (Å²) < 4.78 is 47.7. The minimum atomic E-state index is -5.14. The number of hydrazine groups is 1. The number of nitrogens with two attached hydrogens (primary N) is 1. The molecule has 134 valence electrons. The van der Waals surface area contributed by atoms with Crippen LogP contribution in [0.25, 0.3) is 0 Å². The molecule has 1 heterocycles. The molecule has 0 amide bonds. The van der Waals surface area contributed by atoms with Gasteiger partial charge in [0.2, 0.25) is 0 Å². The van der Waals surface area contributed by atoms with Crippen LogP contribution < -0.4 is 20.7 Å². The summed E-state index contributed by atoms with van der Waals surface area (Å²) in [7, 11) is 0. The number of hydrogen-bond donors (Lipinski definition) is 2. The van der Waals surface area contributed by atoms with Crippen LogP contribution in [0.3, 0.4) is 0 Å². The SMILES string of the molecule is Cc1c(OC(=O)C(F)(F)F)cnc(NN)c1Oc1cc(Cl)cc(Br)c1. The van der Waals surface area contributed by atoms with Crippen molar-refractivity contribution in [3.8, 4) is 17.2 Å². The van der Waals surface area contributed by atoms with E-state index in [4.69, 9.17) is 22.2 Å². The van der Waals surface area contributed by atoms with E-state index >= 15 is 0 Å². The lowest BCUT2D eigenvalue weighted by Gasteiger charge is -2.16. The van der Waals surface area contributed by atoms with E-state index in [-0.39, 0.29) is 22.9 Å². The molecule has 0 saturated carbocycles. The van der Waals surface area contributed by atoms with Crippen molar-refractivity contribution in [2.75, 3.05) is 5.43 Å². The maximum atomic E-state index is 12.4. The van der Waals surface area contributed by atoms with E-state index in [0.29, 0.717) is 9.50 Å². The molecule has 0 aliphatic rings. The number of rotatable bonds is 4. The first kappa shape index (κ1) is 19.3. The van der Waals surface area contributed by atoms with Crippen molar-refractivity contribution in [3.63, 3.8) is 0 Å². The molecule has 0 aliphatic carbocycles. The number of nitrogen functional groups attached to an aromatic ring is 1. The fourth-order valence-electron chi connectivity index (χ4n) is 1.76. The molecule has 3 N–H and O–H groups in total. The maximum absolute atomic E-state index is 12.4. The second-order valence-corrected chi connectivity index (χ2v) is 6.02. The highest BCUT2D eigenvalue weighted by molar-refractivity contribution is 9.10. The van der Waals surface area contributed by atoms with Gasteiger partial charge in [0, 0.05) is 15.1 Å². The van der Waals surface area contributed by atoms with Crippen LogP contribution in [0.1, 0.15) is 5.56 Å². The Balaban J connectivity index is 2.42. The van der Waals surface area contributed by atoms with Gasteiger partial charge < -0.3 is 14.9 Å². The number of aromatic nitrogens is 1. The highest BCUT2D eigenvalue weighted by Crippen LogP contribution is 2.38. The number of benzene rings is 1. The van der Waals surface area contributed by atoms with Crippen molar-refractivity contribution in [1.82, 2.24) is 4.98 Å². The zero-order valence-corrected chi connectivity index (χ0v) is 14.8. The number of nitrogens with zero attached hydrogens (tertiary/aromatic N) is 1. The topological polar surface area (TPSA) is 86.5 Å². The number of carbonyl (C=O) groups excluding carboxylic acids is 1. The number of halogens is 5. The van der Waals surface area contributed by atoms with Gasteiger partial charge >= 0.3 is 12.1 Å². The average Bonchev–Trinajstić information content (AvgIpc) is 2.49. The monoisotopic (exact) mass is 439 g/mol. The summed E-state index contributed by atoms with van der Waals surface area (Å²) in [6.07, 6.45) is -4.22. The molecule has 6 nitrogen and oxygen atoms in total. The first-order chi connectivity index (χ1) is 11.6. The second-order valence-electron chi connectivity index (χ2n) is 4.66. The number of alkyl halides is 3. The molecule has 0 unspecified atom stereocenters. The molecule has 1 aromatic heterocycles. The van der Waals surface area contributed by atoms with E-state index in [9.17, 15) is 18.0 Å². The van der Waals surface area contributed by atoms with Gasteiger partial charge in [0.25, 0.3) is 0 Å². The fraction of sp³-hybridized carbons (Fsp3) is 0.143. The molecule has 25 heavy (non-hydrogen) atoms. The number of hydrogen-bond acceptors (Lipinski definition) is 6. The summed E-state index contributed by atoms with van der Waals surface area (Å²) in [5.41, 5.74) is 2.33. The quantitative estimate of drug-likeness (QED) is 0.418. The Labute approximate surface area is 153 Å². The summed E-state index contributed by atoms with van der Waals surface area (Å²) >= 11 is 9.15. The van der Waals surface area contributed by atoms with Crippen LogP contribution >= 0.6 is 27.5 Å².